The monoisotopic (exact) mass is 604 g/mol. The van der Waals surface area contributed by atoms with E-state index in [1.807, 2.05) is 0 Å². The average Bonchev–Trinajstić information content (AvgIpc) is 2.88. The fraction of sp³-hybridized carbons (Fsp3) is 0.690. The van der Waals surface area contributed by atoms with Crippen LogP contribution in [0.1, 0.15) is 91.9 Å². The lowest BCUT2D eigenvalue weighted by molar-refractivity contribution is -0.132. The molecule has 0 fully saturated rings. The number of sulfone groups is 1. The lowest BCUT2D eigenvalue weighted by atomic mass is 9.85. The van der Waals surface area contributed by atoms with Crippen LogP contribution in [0.2, 0.25) is 0 Å². The maximum Gasteiger partial charge on any atom is 0.268 e. The minimum atomic E-state index is -3.39. The highest BCUT2D eigenvalue weighted by atomic mass is 35.5. The van der Waals surface area contributed by atoms with Crippen LogP contribution < -0.4 is 10.6 Å². The van der Waals surface area contributed by atoms with Crippen molar-refractivity contribution in [2.45, 2.75) is 96.2 Å². The minimum absolute atomic E-state index is 0.0582. The Balaban J connectivity index is 2.45. The number of halogens is 2. The topological polar surface area (TPSA) is 109 Å². The minimum Gasteiger partial charge on any atom is -0.355 e. The summed E-state index contributed by atoms with van der Waals surface area (Å²) in [6.07, 6.45) is 11.1. The summed E-state index contributed by atoms with van der Waals surface area (Å²) in [5.74, 6) is -3.17. The van der Waals surface area contributed by atoms with E-state index in [4.69, 9.17) is 23.2 Å². The maximum atomic E-state index is 13.0. The number of carbonyl (C=O) groups is 3. The SMILES string of the molecule is CCCCCCCCCCCCS(=O)(=O)CC(C)C(=O)NCC(C)(C)C(=O)C(Cl)(Cl)C(=O)Nc1ccccc1. The van der Waals surface area contributed by atoms with E-state index in [1.54, 1.807) is 37.3 Å². The van der Waals surface area contributed by atoms with Crippen molar-refractivity contribution in [2.24, 2.45) is 11.3 Å². The van der Waals surface area contributed by atoms with Gasteiger partial charge < -0.3 is 10.6 Å². The molecule has 1 aromatic rings. The van der Waals surface area contributed by atoms with Gasteiger partial charge >= 0.3 is 0 Å². The Labute approximate surface area is 245 Å². The zero-order valence-electron chi connectivity index (χ0n) is 23.9. The summed E-state index contributed by atoms with van der Waals surface area (Å²) in [5, 5.41) is 5.13. The Kier molecular flexibility index (Phi) is 15.6. The highest BCUT2D eigenvalue weighted by Crippen LogP contribution is 2.33. The highest BCUT2D eigenvalue weighted by molar-refractivity contribution is 7.91. The summed E-state index contributed by atoms with van der Waals surface area (Å²) in [6, 6.07) is 8.44. The van der Waals surface area contributed by atoms with Crippen molar-refractivity contribution in [3.63, 3.8) is 0 Å². The molecule has 1 atom stereocenters. The van der Waals surface area contributed by atoms with Crippen LogP contribution in [0.15, 0.2) is 30.3 Å². The Morgan fingerprint density at radius 2 is 1.38 bits per heavy atom. The molecule has 39 heavy (non-hydrogen) atoms. The number of para-hydroxylation sites is 1. The van der Waals surface area contributed by atoms with E-state index >= 15 is 0 Å². The zero-order chi connectivity index (χ0) is 29.5. The van der Waals surface area contributed by atoms with Gasteiger partial charge in [0.15, 0.2) is 15.6 Å². The third-order valence-electron chi connectivity index (χ3n) is 6.68. The van der Waals surface area contributed by atoms with Crippen molar-refractivity contribution in [3.8, 4) is 0 Å². The molecule has 222 valence electrons. The first kappa shape index (κ1) is 35.4. The normalized spacial score (nSPS) is 13.1. The van der Waals surface area contributed by atoms with E-state index < -0.39 is 43.1 Å². The largest absolute Gasteiger partial charge is 0.355 e. The molecule has 0 aromatic heterocycles. The standard InChI is InChI=1S/C29H46Cl2N2O5S/c1-5-6-7-8-9-10-11-12-13-17-20-39(37,38)21-23(2)25(34)32-22-28(3,4)26(35)29(30,31)27(36)33-24-18-15-14-16-19-24/h14-16,18-19,23H,5-13,17,20-22H2,1-4H3,(H,32,34)(H,33,36). The number of carbonyl (C=O) groups excluding carboxylic acids is 3. The third kappa shape index (κ3) is 13.5. The molecule has 0 aliphatic heterocycles. The third-order valence-corrected chi connectivity index (χ3v) is 9.29. The van der Waals surface area contributed by atoms with Gasteiger partial charge in [-0.15, -0.1) is 0 Å². The number of hydrogen-bond acceptors (Lipinski definition) is 5. The summed E-state index contributed by atoms with van der Waals surface area (Å²) in [4.78, 5) is 38.2. The van der Waals surface area contributed by atoms with Gasteiger partial charge in [0.1, 0.15) is 0 Å². The number of rotatable bonds is 20. The van der Waals surface area contributed by atoms with Crippen LogP contribution in [0.4, 0.5) is 5.69 Å². The van der Waals surface area contributed by atoms with Gasteiger partial charge in [0.25, 0.3) is 10.2 Å². The Bertz CT molecular complexity index is 1010. The van der Waals surface area contributed by atoms with Crippen LogP contribution in [0.3, 0.4) is 0 Å². The molecular weight excluding hydrogens is 559 g/mol. The van der Waals surface area contributed by atoms with Crippen LogP contribution in [-0.4, -0.2) is 48.4 Å². The first-order chi connectivity index (χ1) is 18.2. The number of anilines is 1. The smallest absolute Gasteiger partial charge is 0.268 e. The van der Waals surface area contributed by atoms with Gasteiger partial charge in [-0.3, -0.25) is 14.4 Å². The van der Waals surface area contributed by atoms with E-state index in [0.29, 0.717) is 12.1 Å². The summed E-state index contributed by atoms with van der Waals surface area (Å²) >= 11 is 12.3. The zero-order valence-corrected chi connectivity index (χ0v) is 26.2. The Morgan fingerprint density at radius 1 is 0.872 bits per heavy atom. The molecule has 0 radical (unpaired) electrons. The summed E-state index contributed by atoms with van der Waals surface area (Å²) in [5.41, 5.74) is -0.859. The van der Waals surface area contributed by atoms with Gasteiger partial charge in [-0.25, -0.2) is 8.42 Å². The van der Waals surface area contributed by atoms with Gasteiger partial charge in [0, 0.05) is 23.6 Å². The molecule has 0 aliphatic carbocycles. The number of alkyl halides is 2. The molecule has 2 amide bonds. The maximum absolute atomic E-state index is 13.0. The molecular formula is C29H46Cl2N2O5S. The number of Topliss-reactive ketones (excluding diaryl/α,β-unsaturated/α-hetero) is 1. The molecule has 10 heteroatoms. The Morgan fingerprint density at radius 3 is 1.92 bits per heavy atom. The number of amides is 2. The number of nitrogens with one attached hydrogen (secondary N) is 2. The van der Waals surface area contributed by atoms with Gasteiger partial charge in [0.2, 0.25) is 5.91 Å². The van der Waals surface area contributed by atoms with E-state index in [9.17, 15) is 22.8 Å². The van der Waals surface area contributed by atoms with Gasteiger partial charge in [0.05, 0.1) is 11.5 Å². The van der Waals surface area contributed by atoms with Crippen molar-refractivity contribution < 1.29 is 22.8 Å². The number of ketones is 1. The second-order valence-electron chi connectivity index (χ2n) is 11.0. The van der Waals surface area contributed by atoms with E-state index in [2.05, 4.69) is 17.6 Å². The molecule has 2 N–H and O–H groups in total. The second-order valence-corrected chi connectivity index (χ2v) is 14.6. The summed E-state index contributed by atoms with van der Waals surface area (Å²) < 4.78 is 22.7. The van der Waals surface area contributed by atoms with Crippen LogP contribution in [0.5, 0.6) is 0 Å². The quantitative estimate of drug-likeness (QED) is 0.100. The van der Waals surface area contributed by atoms with E-state index in [1.165, 1.54) is 52.4 Å². The molecule has 0 saturated heterocycles. The first-order valence-corrected chi connectivity index (χ1v) is 16.6. The molecule has 7 nitrogen and oxygen atoms in total. The van der Waals surface area contributed by atoms with Crippen LogP contribution in [0, 0.1) is 11.3 Å². The van der Waals surface area contributed by atoms with E-state index in [0.717, 1.165) is 19.3 Å². The molecule has 1 aromatic carbocycles. The van der Waals surface area contributed by atoms with Gasteiger partial charge in [-0.05, 0) is 18.6 Å². The molecule has 0 bridgehead atoms. The van der Waals surface area contributed by atoms with Gasteiger partial charge in [-0.1, -0.05) is 127 Å². The summed E-state index contributed by atoms with van der Waals surface area (Å²) in [7, 11) is -3.39. The summed E-state index contributed by atoms with van der Waals surface area (Å²) in [6.45, 7) is 6.61. The van der Waals surface area contributed by atoms with Crippen molar-refractivity contribution in [3.05, 3.63) is 30.3 Å². The molecule has 1 rings (SSSR count). The predicted molar refractivity (Wildman–Crippen MR) is 161 cm³/mol. The highest BCUT2D eigenvalue weighted by Gasteiger charge is 2.49. The second kappa shape index (κ2) is 17.2. The van der Waals surface area contributed by atoms with Crippen molar-refractivity contribution in [1.82, 2.24) is 5.32 Å². The lowest BCUT2D eigenvalue weighted by Crippen LogP contribution is -2.51. The predicted octanol–water partition coefficient (Wildman–Crippen LogP) is 6.48. The van der Waals surface area contributed by atoms with Crippen molar-refractivity contribution >= 4 is 56.3 Å². The van der Waals surface area contributed by atoms with E-state index in [-0.39, 0.29) is 18.1 Å². The molecule has 1 unspecified atom stereocenters. The number of benzene rings is 1. The first-order valence-electron chi connectivity index (χ1n) is 14.0. The Hall–Kier alpha value is -1.64. The molecule has 0 saturated carbocycles. The lowest BCUT2D eigenvalue weighted by Gasteiger charge is -2.30. The fourth-order valence-electron chi connectivity index (χ4n) is 4.17. The average molecular weight is 606 g/mol. The number of unbranched alkanes of at least 4 members (excludes halogenated alkanes) is 9. The van der Waals surface area contributed by atoms with Crippen molar-refractivity contribution in [2.75, 3.05) is 23.4 Å². The fourth-order valence-corrected chi connectivity index (χ4v) is 6.50. The van der Waals surface area contributed by atoms with Crippen molar-refractivity contribution in [1.29, 1.82) is 0 Å². The van der Waals surface area contributed by atoms with Crippen LogP contribution >= 0.6 is 23.2 Å². The van der Waals surface area contributed by atoms with Crippen LogP contribution in [0.25, 0.3) is 0 Å². The van der Waals surface area contributed by atoms with Crippen LogP contribution in [-0.2, 0) is 24.2 Å². The molecule has 0 heterocycles. The number of hydrogen-bond donors (Lipinski definition) is 2. The van der Waals surface area contributed by atoms with Gasteiger partial charge in [-0.2, -0.15) is 0 Å². The molecule has 0 spiro atoms. The molecule has 0 aliphatic rings.